The molecular formula is C31H42O2. The Morgan fingerprint density at radius 1 is 0.758 bits per heavy atom. The van der Waals surface area contributed by atoms with Gasteiger partial charge in [0.05, 0.1) is 0 Å². The molecule has 0 fully saturated rings. The van der Waals surface area contributed by atoms with Gasteiger partial charge in [0.1, 0.15) is 6.10 Å². The fraction of sp³-hybridized carbons (Fsp3) is 0.516. The Hall–Kier alpha value is -2.35. The van der Waals surface area contributed by atoms with Crippen molar-refractivity contribution in [3.8, 4) is 0 Å². The minimum atomic E-state index is -0.00115. The molecule has 1 aliphatic carbocycles. The van der Waals surface area contributed by atoms with Crippen LogP contribution < -0.4 is 0 Å². The maximum absolute atomic E-state index is 12.3. The van der Waals surface area contributed by atoms with Gasteiger partial charge in [0, 0.05) is 6.42 Å². The first-order chi connectivity index (χ1) is 16.2. The second kappa shape index (κ2) is 14.7. The standard InChI is InChI=1S/C31H42O2/c1-2-3-23-31(32)33-30-21-13-5-4-12-19-28(24-26-15-8-6-9-16-26)29(20-14-22-30)25-27-17-10-7-11-18-27/h6-11,15-18,30H,2-5,12-14,19-25H2,1H3. The minimum Gasteiger partial charge on any atom is -0.462 e. The molecule has 0 heterocycles. The summed E-state index contributed by atoms with van der Waals surface area (Å²) in [5.41, 5.74) is 6.03. The molecule has 2 nitrogen and oxygen atoms in total. The van der Waals surface area contributed by atoms with Crippen LogP contribution in [0, 0.1) is 0 Å². The van der Waals surface area contributed by atoms with Crippen molar-refractivity contribution in [1.82, 2.24) is 0 Å². The van der Waals surface area contributed by atoms with Gasteiger partial charge < -0.3 is 4.74 Å². The molecule has 0 N–H and O–H groups in total. The molecule has 0 amide bonds. The third-order valence-corrected chi connectivity index (χ3v) is 6.81. The zero-order valence-corrected chi connectivity index (χ0v) is 20.6. The normalized spacial score (nSPS) is 18.3. The third kappa shape index (κ3) is 9.58. The molecule has 0 saturated carbocycles. The summed E-state index contributed by atoms with van der Waals surface area (Å²) in [6.07, 6.45) is 15.0. The summed E-state index contributed by atoms with van der Waals surface area (Å²) in [4.78, 5) is 12.3. The van der Waals surface area contributed by atoms with Gasteiger partial charge in [-0.2, -0.15) is 0 Å². The molecule has 1 unspecified atom stereocenters. The summed E-state index contributed by atoms with van der Waals surface area (Å²) in [7, 11) is 0. The van der Waals surface area contributed by atoms with E-state index in [0.717, 1.165) is 51.4 Å². The zero-order chi connectivity index (χ0) is 23.1. The first kappa shape index (κ1) is 25.3. The van der Waals surface area contributed by atoms with Gasteiger partial charge in [-0.05, 0) is 75.3 Å². The van der Waals surface area contributed by atoms with Crippen molar-refractivity contribution >= 4 is 5.97 Å². The molecule has 3 rings (SSSR count). The van der Waals surface area contributed by atoms with Crippen LogP contribution in [0.4, 0.5) is 0 Å². The maximum Gasteiger partial charge on any atom is 0.306 e. The Balaban J connectivity index is 1.76. The highest BCUT2D eigenvalue weighted by Crippen LogP contribution is 2.28. The van der Waals surface area contributed by atoms with E-state index in [0.29, 0.717) is 6.42 Å². The smallest absolute Gasteiger partial charge is 0.306 e. The molecule has 33 heavy (non-hydrogen) atoms. The molecule has 1 atom stereocenters. The van der Waals surface area contributed by atoms with Gasteiger partial charge in [-0.3, -0.25) is 4.79 Å². The molecule has 0 saturated heterocycles. The largest absolute Gasteiger partial charge is 0.462 e. The Kier molecular flexibility index (Phi) is 11.3. The monoisotopic (exact) mass is 446 g/mol. The number of hydrogen-bond acceptors (Lipinski definition) is 2. The Morgan fingerprint density at radius 2 is 1.30 bits per heavy atom. The van der Waals surface area contributed by atoms with Gasteiger partial charge >= 0.3 is 5.97 Å². The second-order valence-electron chi connectivity index (χ2n) is 9.59. The average Bonchev–Trinajstić information content (AvgIpc) is 2.83. The molecule has 178 valence electrons. The Labute approximate surface area is 201 Å². The molecule has 2 aromatic rings. The Bertz CT molecular complexity index is 838. The molecule has 2 heteroatoms. The fourth-order valence-corrected chi connectivity index (χ4v) is 4.90. The number of ether oxygens (including phenoxy) is 1. The molecule has 0 bridgehead atoms. The Morgan fingerprint density at radius 3 is 1.91 bits per heavy atom. The van der Waals surface area contributed by atoms with Crippen LogP contribution in [-0.4, -0.2) is 12.1 Å². The van der Waals surface area contributed by atoms with Gasteiger partial charge in [-0.1, -0.05) is 98.0 Å². The van der Waals surface area contributed by atoms with Gasteiger partial charge in [0.15, 0.2) is 0 Å². The molecule has 0 radical (unpaired) electrons. The minimum absolute atomic E-state index is 0.00115. The lowest BCUT2D eigenvalue weighted by atomic mass is 9.87. The highest BCUT2D eigenvalue weighted by Gasteiger charge is 2.17. The number of esters is 1. The van der Waals surface area contributed by atoms with Crippen molar-refractivity contribution in [3.63, 3.8) is 0 Å². The highest BCUT2D eigenvalue weighted by atomic mass is 16.5. The van der Waals surface area contributed by atoms with Crippen LogP contribution in [0.2, 0.25) is 0 Å². The number of hydrogen-bond donors (Lipinski definition) is 0. The second-order valence-corrected chi connectivity index (χ2v) is 9.59. The fourth-order valence-electron chi connectivity index (χ4n) is 4.90. The van der Waals surface area contributed by atoms with Crippen LogP contribution in [0.25, 0.3) is 0 Å². The van der Waals surface area contributed by atoms with E-state index in [2.05, 4.69) is 67.6 Å². The van der Waals surface area contributed by atoms with Crippen LogP contribution in [0.5, 0.6) is 0 Å². The van der Waals surface area contributed by atoms with Crippen molar-refractivity contribution in [2.24, 2.45) is 0 Å². The number of carbonyl (C=O) groups excluding carboxylic acids is 1. The number of carbonyl (C=O) groups is 1. The van der Waals surface area contributed by atoms with E-state index in [1.807, 2.05) is 0 Å². The van der Waals surface area contributed by atoms with E-state index in [1.165, 1.54) is 43.2 Å². The molecule has 0 aliphatic heterocycles. The topological polar surface area (TPSA) is 26.3 Å². The van der Waals surface area contributed by atoms with Gasteiger partial charge in [0.25, 0.3) is 0 Å². The lowest BCUT2D eigenvalue weighted by Gasteiger charge is -2.21. The summed E-state index contributed by atoms with van der Waals surface area (Å²) in [6.45, 7) is 2.12. The molecule has 1 aliphatic rings. The van der Waals surface area contributed by atoms with Gasteiger partial charge in [-0.25, -0.2) is 0 Å². The van der Waals surface area contributed by atoms with Crippen LogP contribution in [-0.2, 0) is 22.4 Å². The van der Waals surface area contributed by atoms with E-state index in [4.69, 9.17) is 4.74 Å². The maximum atomic E-state index is 12.3. The number of unbranched alkanes of at least 4 members (excludes halogenated alkanes) is 1. The SMILES string of the molecule is CCCCC(=O)OC1CCCCCCC(Cc2ccccc2)=C(Cc2ccccc2)CCC1. The van der Waals surface area contributed by atoms with Crippen LogP contribution in [0.15, 0.2) is 71.8 Å². The van der Waals surface area contributed by atoms with Crippen molar-refractivity contribution in [3.05, 3.63) is 82.9 Å². The predicted octanol–water partition coefficient (Wildman–Crippen LogP) is 8.39. The average molecular weight is 447 g/mol. The van der Waals surface area contributed by atoms with E-state index in [1.54, 1.807) is 11.1 Å². The van der Waals surface area contributed by atoms with Gasteiger partial charge in [0.2, 0.25) is 0 Å². The van der Waals surface area contributed by atoms with E-state index >= 15 is 0 Å². The quantitative estimate of drug-likeness (QED) is 0.300. The first-order valence-corrected chi connectivity index (χ1v) is 13.2. The number of allylic oxidation sites excluding steroid dienone is 2. The molecule has 0 aromatic heterocycles. The van der Waals surface area contributed by atoms with Crippen molar-refractivity contribution in [2.75, 3.05) is 0 Å². The van der Waals surface area contributed by atoms with E-state index in [9.17, 15) is 4.79 Å². The molecule has 2 aromatic carbocycles. The van der Waals surface area contributed by atoms with Gasteiger partial charge in [-0.15, -0.1) is 0 Å². The number of rotatable bonds is 8. The van der Waals surface area contributed by atoms with Crippen LogP contribution in [0.1, 0.15) is 95.1 Å². The van der Waals surface area contributed by atoms with Crippen molar-refractivity contribution < 1.29 is 9.53 Å². The van der Waals surface area contributed by atoms with Crippen molar-refractivity contribution in [2.45, 2.75) is 103 Å². The van der Waals surface area contributed by atoms with Crippen molar-refractivity contribution in [1.29, 1.82) is 0 Å². The molecule has 0 spiro atoms. The lowest BCUT2D eigenvalue weighted by molar-refractivity contribution is -0.150. The summed E-state index contributed by atoms with van der Waals surface area (Å²) >= 11 is 0. The summed E-state index contributed by atoms with van der Waals surface area (Å²) in [5, 5.41) is 0. The van der Waals surface area contributed by atoms with Crippen LogP contribution >= 0.6 is 0 Å². The van der Waals surface area contributed by atoms with E-state index in [-0.39, 0.29) is 12.1 Å². The number of benzene rings is 2. The summed E-state index contributed by atoms with van der Waals surface area (Å²) in [6, 6.07) is 21.8. The predicted molar refractivity (Wildman–Crippen MR) is 138 cm³/mol. The van der Waals surface area contributed by atoms with Crippen LogP contribution in [0.3, 0.4) is 0 Å². The summed E-state index contributed by atoms with van der Waals surface area (Å²) < 4.78 is 5.92. The highest BCUT2D eigenvalue weighted by molar-refractivity contribution is 5.69. The zero-order valence-electron chi connectivity index (χ0n) is 20.6. The lowest BCUT2D eigenvalue weighted by Crippen LogP contribution is -2.18. The van der Waals surface area contributed by atoms with E-state index < -0.39 is 0 Å². The first-order valence-electron chi connectivity index (χ1n) is 13.2. The molecular weight excluding hydrogens is 404 g/mol. The third-order valence-electron chi connectivity index (χ3n) is 6.81. The summed E-state index contributed by atoms with van der Waals surface area (Å²) in [5.74, 6) is -0.00115.